The molecule has 1 heterocycles. The van der Waals surface area contributed by atoms with E-state index < -0.39 is 0 Å². The molecule has 0 bridgehead atoms. The van der Waals surface area contributed by atoms with Gasteiger partial charge in [0.15, 0.2) is 0 Å². The second-order valence-electron chi connectivity index (χ2n) is 4.56. The first kappa shape index (κ1) is 14.4. The lowest BCUT2D eigenvalue weighted by Crippen LogP contribution is -2.22. The van der Waals surface area contributed by atoms with E-state index in [-0.39, 0.29) is 5.56 Å². The van der Waals surface area contributed by atoms with Crippen molar-refractivity contribution in [1.82, 2.24) is 9.55 Å². The molecule has 1 aromatic heterocycles. The number of fused-ring (bicyclic) bond motifs is 1. The van der Waals surface area contributed by atoms with Gasteiger partial charge in [-0.05, 0) is 43.3 Å². The van der Waals surface area contributed by atoms with Gasteiger partial charge in [-0.25, -0.2) is 4.98 Å². The summed E-state index contributed by atoms with van der Waals surface area (Å²) in [6, 6.07) is 10.0. The maximum absolute atomic E-state index is 12.7. The van der Waals surface area contributed by atoms with Crippen LogP contribution in [0.4, 0.5) is 0 Å². The molecule has 0 aliphatic heterocycles. The Morgan fingerprint density at radius 2 is 1.76 bits per heavy atom. The van der Waals surface area contributed by atoms with Crippen molar-refractivity contribution in [3.05, 3.63) is 67.6 Å². The van der Waals surface area contributed by atoms with Crippen molar-refractivity contribution in [3.8, 4) is 5.69 Å². The van der Waals surface area contributed by atoms with Gasteiger partial charge in [0.1, 0.15) is 5.82 Å². The highest BCUT2D eigenvalue weighted by Crippen LogP contribution is 2.25. The summed E-state index contributed by atoms with van der Waals surface area (Å²) in [4.78, 5) is 17.1. The Bertz CT molecular complexity index is 919. The highest BCUT2D eigenvalue weighted by atomic mass is 35.5. The van der Waals surface area contributed by atoms with Gasteiger partial charge in [-0.15, -0.1) is 0 Å². The largest absolute Gasteiger partial charge is 0.268 e. The molecule has 6 heteroatoms. The van der Waals surface area contributed by atoms with E-state index in [9.17, 15) is 4.79 Å². The first-order chi connectivity index (χ1) is 9.97. The molecule has 0 fully saturated rings. The second kappa shape index (κ2) is 5.34. The van der Waals surface area contributed by atoms with E-state index in [4.69, 9.17) is 34.8 Å². The minimum absolute atomic E-state index is 0.174. The molecule has 3 nitrogen and oxygen atoms in total. The SMILES string of the molecule is Cc1nc2cc(Cl)ccc2c(=O)n1-c1ccc(Cl)c(Cl)c1. The zero-order valence-corrected chi connectivity index (χ0v) is 13.2. The van der Waals surface area contributed by atoms with Crippen molar-refractivity contribution < 1.29 is 0 Å². The van der Waals surface area contributed by atoms with Crippen LogP contribution in [0.1, 0.15) is 5.82 Å². The summed E-state index contributed by atoms with van der Waals surface area (Å²) in [5.41, 5.74) is 1.02. The van der Waals surface area contributed by atoms with E-state index in [0.717, 1.165) is 0 Å². The fourth-order valence-corrected chi connectivity index (χ4v) is 2.66. The molecule has 0 N–H and O–H groups in total. The highest BCUT2D eigenvalue weighted by molar-refractivity contribution is 6.42. The number of hydrogen-bond acceptors (Lipinski definition) is 2. The van der Waals surface area contributed by atoms with Crippen molar-refractivity contribution in [1.29, 1.82) is 0 Å². The van der Waals surface area contributed by atoms with Crippen LogP contribution in [0.15, 0.2) is 41.2 Å². The Balaban J connectivity index is 2.35. The van der Waals surface area contributed by atoms with Crippen LogP contribution >= 0.6 is 34.8 Å². The van der Waals surface area contributed by atoms with E-state index in [1.807, 2.05) is 0 Å². The van der Waals surface area contributed by atoms with E-state index >= 15 is 0 Å². The Morgan fingerprint density at radius 3 is 2.48 bits per heavy atom. The van der Waals surface area contributed by atoms with Gasteiger partial charge < -0.3 is 0 Å². The third kappa shape index (κ3) is 2.53. The Hall–Kier alpha value is -1.55. The number of halogens is 3. The number of aryl methyl sites for hydroxylation is 1. The van der Waals surface area contributed by atoms with Crippen molar-refractivity contribution in [2.45, 2.75) is 6.92 Å². The molecule has 106 valence electrons. The van der Waals surface area contributed by atoms with Gasteiger partial charge in [0.05, 0.1) is 26.6 Å². The molecule has 0 amide bonds. The van der Waals surface area contributed by atoms with Gasteiger partial charge in [-0.1, -0.05) is 34.8 Å². The predicted molar refractivity (Wildman–Crippen MR) is 87.1 cm³/mol. The van der Waals surface area contributed by atoms with Crippen LogP contribution in [0.5, 0.6) is 0 Å². The van der Waals surface area contributed by atoms with Crippen LogP contribution in [0.25, 0.3) is 16.6 Å². The first-order valence-electron chi connectivity index (χ1n) is 6.12. The third-order valence-corrected chi connectivity index (χ3v) is 4.13. The summed E-state index contributed by atoms with van der Waals surface area (Å²) in [5, 5.41) is 1.86. The minimum atomic E-state index is -0.174. The molecule has 0 radical (unpaired) electrons. The Labute approximate surface area is 135 Å². The average Bonchev–Trinajstić information content (AvgIpc) is 2.42. The number of hydrogen-bond donors (Lipinski definition) is 0. The molecular formula is C15H9Cl3N2O. The van der Waals surface area contributed by atoms with Gasteiger partial charge in [0.25, 0.3) is 5.56 Å². The maximum atomic E-state index is 12.7. The second-order valence-corrected chi connectivity index (χ2v) is 5.81. The fraction of sp³-hybridized carbons (Fsp3) is 0.0667. The predicted octanol–water partition coefficient (Wildman–Crippen LogP) is 4.65. The molecular weight excluding hydrogens is 331 g/mol. The quantitative estimate of drug-likeness (QED) is 0.646. The Kier molecular flexibility index (Phi) is 3.66. The summed E-state index contributed by atoms with van der Waals surface area (Å²) in [6.07, 6.45) is 0. The smallest absolute Gasteiger partial charge is 0.265 e. The van der Waals surface area contributed by atoms with Crippen molar-refractivity contribution >= 4 is 45.7 Å². The van der Waals surface area contributed by atoms with Gasteiger partial charge in [-0.3, -0.25) is 9.36 Å². The third-order valence-electron chi connectivity index (χ3n) is 3.16. The topological polar surface area (TPSA) is 34.9 Å². The van der Waals surface area contributed by atoms with Gasteiger partial charge in [-0.2, -0.15) is 0 Å². The minimum Gasteiger partial charge on any atom is -0.268 e. The Morgan fingerprint density at radius 1 is 1.00 bits per heavy atom. The van der Waals surface area contributed by atoms with E-state index in [1.54, 1.807) is 43.3 Å². The zero-order valence-electron chi connectivity index (χ0n) is 10.9. The van der Waals surface area contributed by atoms with Gasteiger partial charge in [0.2, 0.25) is 0 Å². The summed E-state index contributed by atoms with van der Waals surface area (Å²) >= 11 is 17.9. The number of aromatic nitrogens is 2. The van der Waals surface area contributed by atoms with Crippen LogP contribution in [0, 0.1) is 6.92 Å². The molecule has 0 aliphatic rings. The molecule has 3 aromatic rings. The molecule has 0 unspecified atom stereocenters. The monoisotopic (exact) mass is 338 g/mol. The number of rotatable bonds is 1. The first-order valence-corrected chi connectivity index (χ1v) is 7.25. The highest BCUT2D eigenvalue weighted by Gasteiger charge is 2.11. The molecule has 2 aromatic carbocycles. The normalized spacial score (nSPS) is 11.0. The van der Waals surface area contributed by atoms with E-state index in [0.29, 0.717) is 37.5 Å². The van der Waals surface area contributed by atoms with Gasteiger partial charge in [0, 0.05) is 5.02 Å². The number of benzene rings is 2. The maximum Gasteiger partial charge on any atom is 0.265 e. The molecule has 0 saturated carbocycles. The van der Waals surface area contributed by atoms with Crippen LogP contribution in [0.2, 0.25) is 15.1 Å². The molecule has 3 rings (SSSR count). The lowest BCUT2D eigenvalue weighted by Gasteiger charge is -2.11. The lowest BCUT2D eigenvalue weighted by molar-refractivity contribution is 0.895. The van der Waals surface area contributed by atoms with Crippen LogP contribution in [-0.2, 0) is 0 Å². The van der Waals surface area contributed by atoms with Crippen LogP contribution < -0.4 is 5.56 Å². The molecule has 21 heavy (non-hydrogen) atoms. The molecule has 0 spiro atoms. The molecule has 0 aliphatic carbocycles. The summed E-state index contributed by atoms with van der Waals surface area (Å²) in [6.45, 7) is 1.75. The number of nitrogens with zero attached hydrogens (tertiary/aromatic N) is 2. The average molecular weight is 340 g/mol. The van der Waals surface area contributed by atoms with Crippen LogP contribution in [-0.4, -0.2) is 9.55 Å². The lowest BCUT2D eigenvalue weighted by atomic mass is 10.2. The molecule has 0 atom stereocenters. The summed E-state index contributed by atoms with van der Waals surface area (Å²) < 4.78 is 1.50. The summed E-state index contributed by atoms with van der Waals surface area (Å²) in [5.74, 6) is 0.549. The van der Waals surface area contributed by atoms with Crippen molar-refractivity contribution in [2.24, 2.45) is 0 Å². The van der Waals surface area contributed by atoms with E-state index in [1.165, 1.54) is 4.57 Å². The standard InChI is InChI=1S/C15H9Cl3N2O/c1-8-19-14-6-9(16)2-4-11(14)15(21)20(8)10-3-5-12(17)13(18)7-10/h2-7H,1H3. The fourth-order valence-electron chi connectivity index (χ4n) is 2.20. The van der Waals surface area contributed by atoms with Gasteiger partial charge >= 0.3 is 0 Å². The van der Waals surface area contributed by atoms with E-state index in [2.05, 4.69) is 4.98 Å². The zero-order chi connectivity index (χ0) is 15.1. The van der Waals surface area contributed by atoms with Crippen molar-refractivity contribution in [3.63, 3.8) is 0 Å². The molecule has 0 saturated heterocycles. The van der Waals surface area contributed by atoms with Crippen molar-refractivity contribution in [2.75, 3.05) is 0 Å². The van der Waals surface area contributed by atoms with Crippen LogP contribution in [0.3, 0.4) is 0 Å². The summed E-state index contributed by atoms with van der Waals surface area (Å²) in [7, 11) is 0.